The molecule has 1 fully saturated rings. The fourth-order valence-corrected chi connectivity index (χ4v) is 3.50. The van der Waals surface area contributed by atoms with Gasteiger partial charge < -0.3 is 14.8 Å². The highest BCUT2D eigenvalue weighted by Crippen LogP contribution is 2.20. The zero-order chi connectivity index (χ0) is 19.5. The van der Waals surface area contributed by atoms with Gasteiger partial charge in [0, 0.05) is 44.9 Å². The minimum atomic E-state index is 0.270. The Balaban J connectivity index is 1.40. The predicted molar refractivity (Wildman–Crippen MR) is 110 cm³/mol. The summed E-state index contributed by atoms with van der Waals surface area (Å²) in [7, 11) is 1.96. The number of imidazole rings is 1. The first kappa shape index (κ1) is 18.2. The highest BCUT2D eigenvalue weighted by atomic mass is 16.2. The summed E-state index contributed by atoms with van der Waals surface area (Å²) in [6.45, 7) is 4.38. The van der Waals surface area contributed by atoms with Gasteiger partial charge in [-0.1, -0.05) is 12.1 Å². The van der Waals surface area contributed by atoms with Crippen molar-refractivity contribution in [2.24, 2.45) is 7.05 Å². The van der Waals surface area contributed by atoms with Crippen molar-refractivity contribution < 1.29 is 4.79 Å². The van der Waals surface area contributed by atoms with Gasteiger partial charge in [0.1, 0.15) is 5.82 Å². The second kappa shape index (κ2) is 7.84. The third kappa shape index (κ3) is 3.90. The molecular weight excluding hydrogens is 354 g/mol. The number of nitrogens with zero attached hydrogens (tertiary/aromatic N) is 5. The van der Waals surface area contributed by atoms with Gasteiger partial charge in [0.05, 0.1) is 11.0 Å². The summed E-state index contributed by atoms with van der Waals surface area (Å²) in [5, 5.41) is 6.56. The van der Waals surface area contributed by atoms with E-state index in [0.717, 1.165) is 55.0 Å². The van der Waals surface area contributed by atoms with Gasteiger partial charge >= 0.3 is 0 Å². The molecule has 146 valence electrons. The Labute approximate surface area is 164 Å². The van der Waals surface area contributed by atoms with Crippen molar-refractivity contribution >= 4 is 34.7 Å². The number of aryl methyl sites for hydroxylation is 2. The molecule has 1 aliphatic rings. The number of anilines is 3. The Bertz CT molecular complexity index is 997. The van der Waals surface area contributed by atoms with Crippen LogP contribution in [-0.2, 0) is 11.8 Å². The maximum atomic E-state index is 11.7. The number of rotatable bonds is 7. The molecule has 28 heavy (non-hydrogen) atoms. The van der Waals surface area contributed by atoms with Gasteiger partial charge in [0.2, 0.25) is 17.8 Å². The van der Waals surface area contributed by atoms with E-state index in [1.165, 1.54) is 0 Å². The highest BCUT2D eigenvalue weighted by molar-refractivity contribution is 5.79. The Kier molecular flexibility index (Phi) is 5.10. The van der Waals surface area contributed by atoms with Crippen molar-refractivity contribution in [3.8, 4) is 0 Å². The molecule has 0 radical (unpaired) electrons. The lowest BCUT2D eigenvalue weighted by Crippen LogP contribution is -2.27. The zero-order valence-corrected chi connectivity index (χ0v) is 16.3. The Morgan fingerprint density at radius 2 is 2.04 bits per heavy atom. The molecule has 1 saturated heterocycles. The summed E-state index contributed by atoms with van der Waals surface area (Å²) in [5.41, 5.74) is 2.84. The first-order chi connectivity index (χ1) is 13.6. The molecular formula is C20H25N7O. The van der Waals surface area contributed by atoms with E-state index in [1.54, 1.807) is 0 Å². The van der Waals surface area contributed by atoms with Crippen LogP contribution in [0.25, 0.3) is 11.0 Å². The second-order valence-electron chi connectivity index (χ2n) is 7.09. The third-order valence-corrected chi connectivity index (χ3v) is 4.95. The summed E-state index contributed by atoms with van der Waals surface area (Å²) in [4.78, 5) is 27.2. The number of carbonyl (C=O) groups is 1. The average Bonchev–Trinajstić information content (AvgIpc) is 3.22. The van der Waals surface area contributed by atoms with Crippen LogP contribution in [0.2, 0.25) is 0 Å². The molecule has 4 rings (SSSR count). The largest absolute Gasteiger partial charge is 0.370 e. The SMILES string of the molecule is Cc1cc(NCCCN2CCCC2=O)nc(Nc2nc3ccccc3n2C)n1. The number of fused-ring (bicyclic) bond motifs is 1. The maximum absolute atomic E-state index is 11.7. The van der Waals surface area contributed by atoms with Crippen LogP contribution in [0.5, 0.6) is 0 Å². The van der Waals surface area contributed by atoms with Crippen molar-refractivity contribution in [2.75, 3.05) is 30.3 Å². The molecule has 0 spiro atoms. The molecule has 2 aromatic heterocycles. The number of benzene rings is 1. The molecule has 3 aromatic rings. The van der Waals surface area contributed by atoms with Crippen molar-refractivity contribution in [3.63, 3.8) is 0 Å². The smallest absolute Gasteiger partial charge is 0.231 e. The molecule has 8 nitrogen and oxygen atoms in total. The van der Waals surface area contributed by atoms with E-state index in [2.05, 4.69) is 25.6 Å². The minimum absolute atomic E-state index is 0.270. The molecule has 0 aliphatic carbocycles. The molecule has 0 unspecified atom stereocenters. The number of amides is 1. The van der Waals surface area contributed by atoms with Crippen LogP contribution in [-0.4, -0.2) is 50.0 Å². The normalized spacial score (nSPS) is 14.1. The minimum Gasteiger partial charge on any atom is -0.370 e. The summed E-state index contributed by atoms with van der Waals surface area (Å²) < 4.78 is 1.99. The molecule has 0 atom stereocenters. The van der Waals surface area contributed by atoms with Crippen molar-refractivity contribution in [2.45, 2.75) is 26.2 Å². The number of hydrogen-bond donors (Lipinski definition) is 2. The van der Waals surface area contributed by atoms with Crippen LogP contribution < -0.4 is 10.6 Å². The molecule has 8 heteroatoms. The molecule has 0 bridgehead atoms. The number of carbonyl (C=O) groups excluding carboxylic acids is 1. The van der Waals surface area contributed by atoms with E-state index in [1.807, 2.05) is 53.8 Å². The molecule has 1 amide bonds. The highest BCUT2D eigenvalue weighted by Gasteiger charge is 2.19. The summed E-state index contributed by atoms with van der Waals surface area (Å²) >= 11 is 0. The van der Waals surface area contributed by atoms with Crippen LogP contribution in [0.1, 0.15) is 25.0 Å². The van der Waals surface area contributed by atoms with Crippen molar-refractivity contribution in [1.29, 1.82) is 0 Å². The monoisotopic (exact) mass is 379 g/mol. The van der Waals surface area contributed by atoms with Gasteiger partial charge in [-0.25, -0.2) is 9.97 Å². The Morgan fingerprint density at radius 3 is 2.82 bits per heavy atom. The van der Waals surface area contributed by atoms with Crippen LogP contribution in [0, 0.1) is 6.92 Å². The number of aromatic nitrogens is 4. The number of nitrogens with one attached hydrogen (secondary N) is 2. The number of likely N-dealkylation sites (tertiary alicyclic amines) is 1. The standard InChI is InChI=1S/C20H25N7O/c1-14-13-17(21-10-6-12-27-11-5-9-18(27)28)24-19(22-14)25-20-23-15-7-3-4-8-16(15)26(20)2/h3-4,7-8,13H,5-6,9-12H2,1-2H3,(H2,21,22,23,24,25). The van der Waals surface area contributed by atoms with E-state index >= 15 is 0 Å². The quantitative estimate of drug-likeness (QED) is 0.614. The number of hydrogen-bond acceptors (Lipinski definition) is 6. The third-order valence-electron chi connectivity index (χ3n) is 4.95. The summed E-state index contributed by atoms with van der Waals surface area (Å²) in [6.07, 6.45) is 2.56. The van der Waals surface area contributed by atoms with Gasteiger partial charge in [-0.05, 0) is 31.9 Å². The van der Waals surface area contributed by atoms with E-state index in [0.29, 0.717) is 18.3 Å². The predicted octanol–water partition coefficient (Wildman–Crippen LogP) is 2.84. The molecule has 1 aromatic carbocycles. The topological polar surface area (TPSA) is 88.0 Å². The van der Waals surface area contributed by atoms with Gasteiger partial charge in [0.25, 0.3) is 0 Å². The first-order valence-electron chi connectivity index (χ1n) is 9.66. The van der Waals surface area contributed by atoms with Crippen LogP contribution in [0.4, 0.5) is 17.7 Å². The van der Waals surface area contributed by atoms with E-state index in [-0.39, 0.29) is 5.91 Å². The maximum Gasteiger partial charge on any atom is 0.231 e. The summed E-state index contributed by atoms with van der Waals surface area (Å²) in [6, 6.07) is 9.90. The average molecular weight is 379 g/mol. The lowest BCUT2D eigenvalue weighted by atomic mass is 10.3. The van der Waals surface area contributed by atoms with Gasteiger partial charge in [0.15, 0.2) is 0 Å². The molecule has 3 heterocycles. The van der Waals surface area contributed by atoms with Crippen molar-refractivity contribution in [1.82, 2.24) is 24.4 Å². The van der Waals surface area contributed by atoms with E-state index in [9.17, 15) is 4.79 Å². The van der Waals surface area contributed by atoms with Gasteiger partial charge in [-0.15, -0.1) is 0 Å². The lowest BCUT2D eigenvalue weighted by molar-refractivity contribution is -0.127. The van der Waals surface area contributed by atoms with Gasteiger partial charge in [-0.2, -0.15) is 4.98 Å². The fraction of sp³-hybridized carbons (Fsp3) is 0.400. The molecule has 1 aliphatic heterocycles. The van der Waals surface area contributed by atoms with E-state index in [4.69, 9.17) is 0 Å². The van der Waals surface area contributed by atoms with Crippen LogP contribution >= 0.6 is 0 Å². The number of para-hydroxylation sites is 2. The second-order valence-corrected chi connectivity index (χ2v) is 7.09. The Hall–Kier alpha value is -3.16. The lowest BCUT2D eigenvalue weighted by Gasteiger charge is -2.15. The van der Waals surface area contributed by atoms with Crippen LogP contribution in [0.3, 0.4) is 0 Å². The van der Waals surface area contributed by atoms with Crippen LogP contribution in [0.15, 0.2) is 30.3 Å². The molecule has 0 saturated carbocycles. The van der Waals surface area contributed by atoms with Gasteiger partial charge in [-0.3, -0.25) is 10.1 Å². The summed E-state index contributed by atoms with van der Waals surface area (Å²) in [5.74, 6) is 2.24. The van der Waals surface area contributed by atoms with E-state index < -0.39 is 0 Å². The molecule has 2 N–H and O–H groups in total. The zero-order valence-electron chi connectivity index (χ0n) is 16.3. The fourth-order valence-electron chi connectivity index (χ4n) is 3.50. The first-order valence-corrected chi connectivity index (χ1v) is 9.66. The Morgan fingerprint density at radius 1 is 1.18 bits per heavy atom. The van der Waals surface area contributed by atoms with Crippen molar-refractivity contribution in [3.05, 3.63) is 36.0 Å².